The smallest absolute Gasteiger partial charge is 0.244 e. The molecule has 2 aromatic rings. The summed E-state index contributed by atoms with van der Waals surface area (Å²) in [5.74, 6) is -1.54. The number of amides is 2. The molecule has 1 N–H and O–H groups in total. The molecule has 0 spiro atoms. The van der Waals surface area contributed by atoms with Crippen molar-refractivity contribution in [3.8, 4) is 0 Å². The van der Waals surface area contributed by atoms with Crippen molar-refractivity contribution in [2.75, 3.05) is 23.7 Å². The molecule has 0 aromatic heterocycles. The van der Waals surface area contributed by atoms with Gasteiger partial charge in [0.2, 0.25) is 21.8 Å². The van der Waals surface area contributed by atoms with Crippen LogP contribution in [0, 0.1) is 5.82 Å². The predicted octanol–water partition coefficient (Wildman–Crippen LogP) is 3.30. The lowest BCUT2D eigenvalue weighted by Gasteiger charge is -2.31. The number of anilines is 1. The van der Waals surface area contributed by atoms with Crippen molar-refractivity contribution >= 4 is 43.5 Å². The van der Waals surface area contributed by atoms with Gasteiger partial charge in [0.25, 0.3) is 0 Å². The van der Waals surface area contributed by atoms with E-state index in [-0.39, 0.29) is 12.1 Å². The summed E-state index contributed by atoms with van der Waals surface area (Å²) in [6, 6.07) is 11.5. The number of rotatable bonds is 10. The van der Waals surface area contributed by atoms with Crippen molar-refractivity contribution in [3.05, 3.63) is 64.4 Å². The Bertz CT molecular complexity index is 1060. The molecule has 0 bridgehead atoms. The van der Waals surface area contributed by atoms with Crippen LogP contribution in [0.25, 0.3) is 0 Å². The van der Waals surface area contributed by atoms with Gasteiger partial charge in [-0.25, -0.2) is 12.8 Å². The largest absolute Gasteiger partial charge is 0.354 e. The number of halogens is 2. The maximum absolute atomic E-state index is 14.3. The molecule has 0 unspecified atom stereocenters. The van der Waals surface area contributed by atoms with Gasteiger partial charge in [0.1, 0.15) is 18.4 Å². The lowest BCUT2D eigenvalue weighted by molar-refractivity contribution is -0.139. The normalized spacial score (nSPS) is 12.2. The summed E-state index contributed by atoms with van der Waals surface area (Å²) in [6.45, 7) is 3.15. The Labute approximate surface area is 196 Å². The Hall–Kier alpha value is -2.46. The van der Waals surface area contributed by atoms with E-state index in [2.05, 4.69) is 21.2 Å². The summed E-state index contributed by atoms with van der Waals surface area (Å²) >= 11 is 3.30. The van der Waals surface area contributed by atoms with Crippen LogP contribution in [0.1, 0.15) is 25.8 Å². The van der Waals surface area contributed by atoms with Gasteiger partial charge >= 0.3 is 0 Å². The van der Waals surface area contributed by atoms with Gasteiger partial charge in [-0.2, -0.15) is 0 Å². The first-order valence-corrected chi connectivity index (χ1v) is 12.7. The van der Waals surface area contributed by atoms with Gasteiger partial charge in [0.05, 0.1) is 11.9 Å². The summed E-state index contributed by atoms with van der Waals surface area (Å²) in [7, 11) is -3.81. The predicted molar refractivity (Wildman–Crippen MR) is 126 cm³/mol. The second kappa shape index (κ2) is 11.4. The molecule has 32 heavy (non-hydrogen) atoms. The molecular weight excluding hydrogens is 501 g/mol. The number of hydrogen-bond donors (Lipinski definition) is 1. The molecular formula is C22H27BrFN3O4S. The average Bonchev–Trinajstić information content (AvgIpc) is 2.73. The van der Waals surface area contributed by atoms with E-state index in [1.165, 1.54) is 30.0 Å². The van der Waals surface area contributed by atoms with Crippen molar-refractivity contribution < 1.29 is 22.4 Å². The summed E-state index contributed by atoms with van der Waals surface area (Å²) in [5, 5.41) is 2.73. The molecule has 10 heteroatoms. The van der Waals surface area contributed by atoms with Crippen LogP contribution in [0.15, 0.2) is 53.0 Å². The third-order valence-electron chi connectivity index (χ3n) is 4.79. The van der Waals surface area contributed by atoms with Crippen molar-refractivity contribution in [3.63, 3.8) is 0 Å². The fraction of sp³-hybridized carbons (Fsp3) is 0.364. The van der Waals surface area contributed by atoms with Gasteiger partial charge in [-0.3, -0.25) is 13.9 Å². The van der Waals surface area contributed by atoms with E-state index < -0.39 is 40.2 Å². The highest BCUT2D eigenvalue weighted by atomic mass is 79.9. The summed E-state index contributed by atoms with van der Waals surface area (Å²) in [4.78, 5) is 27.1. The Morgan fingerprint density at radius 2 is 1.84 bits per heavy atom. The topological polar surface area (TPSA) is 86.8 Å². The number of nitrogens with one attached hydrogen (secondary N) is 1. The van der Waals surface area contributed by atoms with E-state index in [0.29, 0.717) is 23.1 Å². The van der Waals surface area contributed by atoms with Crippen LogP contribution in [0.2, 0.25) is 0 Å². The molecule has 0 fully saturated rings. The summed E-state index contributed by atoms with van der Waals surface area (Å²) < 4.78 is 40.8. The molecule has 174 valence electrons. The standard InChI is InChI=1S/C22H27BrFN3O4S/c1-4-12-25-22(29)16(2)26(14-17-8-5-6-11-20(17)24)21(28)15-27(32(3,30)31)19-10-7-9-18(23)13-19/h5-11,13,16H,4,12,14-15H2,1-3H3,(H,25,29)/t16-/m1/s1. The molecule has 0 saturated heterocycles. The molecule has 0 aliphatic rings. The SMILES string of the molecule is CCCNC(=O)[C@@H](C)N(Cc1ccccc1F)C(=O)CN(c1cccc(Br)c1)S(C)(=O)=O. The molecule has 0 saturated carbocycles. The zero-order chi connectivity index (χ0) is 23.9. The van der Waals surface area contributed by atoms with E-state index in [9.17, 15) is 22.4 Å². The zero-order valence-electron chi connectivity index (χ0n) is 18.2. The molecule has 0 aliphatic heterocycles. The third kappa shape index (κ3) is 7.03. The van der Waals surface area contributed by atoms with Gasteiger partial charge in [0, 0.05) is 23.1 Å². The highest BCUT2D eigenvalue weighted by Crippen LogP contribution is 2.23. The summed E-state index contributed by atoms with van der Waals surface area (Å²) in [5.41, 5.74) is 0.522. The van der Waals surface area contributed by atoms with Crippen LogP contribution in [0.4, 0.5) is 10.1 Å². The van der Waals surface area contributed by atoms with Gasteiger partial charge in [-0.1, -0.05) is 47.1 Å². The summed E-state index contributed by atoms with van der Waals surface area (Å²) in [6.07, 6.45) is 1.71. The minimum Gasteiger partial charge on any atom is -0.354 e. The van der Waals surface area contributed by atoms with E-state index in [4.69, 9.17) is 0 Å². The van der Waals surface area contributed by atoms with Gasteiger partial charge in [-0.15, -0.1) is 0 Å². The Balaban J connectivity index is 2.38. The molecule has 2 amide bonds. The number of benzene rings is 2. The maximum atomic E-state index is 14.3. The van der Waals surface area contributed by atoms with E-state index >= 15 is 0 Å². The highest BCUT2D eigenvalue weighted by Gasteiger charge is 2.30. The number of sulfonamides is 1. The lowest BCUT2D eigenvalue weighted by atomic mass is 10.1. The Morgan fingerprint density at radius 3 is 2.44 bits per heavy atom. The fourth-order valence-electron chi connectivity index (χ4n) is 3.03. The number of carbonyl (C=O) groups is 2. The van der Waals surface area contributed by atoms with Crippen molar-refractivity contribution in [1.29, 1.82) is 0 Å². The Kier molecular flexibility index (Phi) is 9.21. The third-order valence-corrected chi connectivity index (χ3v) is 6.42. The van der Waals surface area contributed by atoms with Crippen LogP contribution in [0.3, 0.4) is 0 Å². The number of nitrogens with zero attached hydrogens (tertiary/aromatic N) is 2. The molecule has 0 aliphatic carbocycles. The van der Waals surface area contributed by atoms with Gasteiger partial charge in [-0.05, 0) is 37.6 Å². The van der Waals surface area contributed by atoms with Crippen LogP contribution in [-0.2, 0) is 26.2 Å². The second-order valence-electron chi connectivity index (χ2n) is 7.33. The van der Waals surface area contributed by atoms with Gasteiger partial charge < -0.3 is 10.2 Å². The first kappa shape index (κ1) is 25.8. The van der Waals surface area contributed by atoms with Crippen molar-refractivity contribution in [2.24, 2.45) is 0 Å². The zero-order valence-corrected chi connectivity index (χ0v) is 20.6. The quantitative estimate of drug-likeness (QED) is 0.513. The highest BCUT2D eigenvalue weighted by molar-refractivity contribution is 9.10. The Morgan fingerprint density at radius 1 is 1.16 bits per heavy atom. The molecule has 0 heterocycles. The van der Waals surface area contributed by atoms with Crippen LogP contribution < -0.4 is 9.62 Å². The average molecular weight is 528 g/mol. The number of hydrogen-bond acceptors (Lipinski definition) is 4. The van der Waals surface area contributed by atoms with Crippen LogP contribution in [-0.4, -0.2) is 50.5 Å². The van der Waals surface area contributed by atoms with Crippen LogP contribution >= 0.6 is 15.9 Å². The monoisotopic (exact) mass is 527 g/mol. The number of carbonyl (C=O) groups excluding carboxylic acids is 2. The van der Waals surface area contributed by atoms with E-state index in [1.807, 2.05) is 6.92 Å². The van der Waals surface area contributed by atoms with Crippen molar-refractivity contribution in [2.45, 2.75) is 32.9 Å². The molecule has 2 aromatic carbocycles. The van der Waals surface area contributed by atoms with Crippen molar-refractivity contribution in [1.82, 2.24) is 10.2 Å². The molecule has 1 atom stereocenters. The minimum absolute atomic E-state index is 0.178. The lowest BCUT2D eigenvalue weighted by Crippen LogP contribution is -2.51. The first-order chi connectivity index (χ1) is 15.0. The first-order valence-electron chi connectivity index (χ1n) is 10.1. The van der Waals surface area contributed by atoms with Gasteiger partial charge in [0.15, 0.2) is 0 Å². The fourth-order valence-corrected chi connectivity index (χ4v) is 4.26. The second-order valence-corrected chi connectivity index (χ2v) is 10.2. The molecule has 0 radical (unpaired) electrons. The molecule has 2 rings (SSSR count). The molecule has 7 nitrogen and oxygen atoms in total. The van der Waals surface area contributed by atoms with E-state index in [1.54, 1.807) is 30.3 Å². The maximum Gasteiger partial charge on any atom is 0.244 e. The van der Waals surface area contributed by atoms with Crippen LogP contribution in [0.5, 0.6) is 0 Å². The minimum atomic E-state index is -3.81. The van der Waals surface area contributed by atoms with E-state index in [0.717, 1.165) is 10.6 Å².